The van der Waals surface area contributed by atoms with Gasteiger partial charge in [-0.25, -0.2) is 4.79 Å². The van der Waals surface area contributed by atoms with Gasteiger partial charge in [0, 0.05) is 30.6 Å². The van der Waals surface area contributed by atoms with Gasteiger partial charge in [-0.15, -0.1) is 0 Å². The molecule has 2 aromatic rings. The summed E-state index contributed by atoms with van der Waals surface area (Å²) in [4.78, 5) is 26.0. The van der Waals surface area contributed by atoms with E-state index in [4.69, 9.17) is 0 Å². The van der Waals surface area contributed by atoms with Crippen LogP contribution in [0.15, 0.2) is 42.5 Å². The van der Waals surface area contributed by atoms with Crippen LogP contribution in [0.25, 0.3) is 0 Å². The molecule has 0 radical (unpaired) electrons. The molecular formula is C22H24N2O3. The number of benzene rings is 2. The number of hydrogen-bond donors (Lipinski definition) is 2. The van der Waals surface area contributed by atoms with Gasteiger partial charge in [-0.05, 0) is 55.5 Å². The zero-order chi connectivity index (χ0) is 19.0. The van der Waals surface area contributed by atoms with Crippen LogP contribution in [-0.4, -0.2) is 30.1 Å². The van der Waals surface area contributed by atoms with Crippen LogP contribution in [0.2, 0.25) is 0 Å². The van der Waals surface area contributed by atoms with Gasteiger partial charge < -0.3 is 15.3 Å². The molecule has 1 aliphatic carbocycles. The van der Waals surface area contributed by atoms with Crippen LogP contribution in [0, 0.1) is 12.8 Å². The SMILES string of the molecule is Cc1ccccc1C1CCN(c2ccc(NC(=O)C3CC3)c(C(=O)O)c2)C1. The van der Waals surface area contributed by atoms with E-state index in [1.54, 1.807) is 12.1 Å². The highest BCUT2D eigenvalue weighted by molar-refractivity contribution is 6.02. The molecule has 1 amide bonds. The maximum Gasteiger partial charge on any atom is 0.337 e. The van der Waals surface area contributed by atoms with Gasteiger partial charge in [0.25, 0.3) is 0 Å². The van der Waals surface area contributed by atoms with Gasteiger partial charge in [0.15, 0.2) is 0 Å². The second-order valence-electron chi connectivity index (χ2n) is 7.59. The lowest BCUT2D eigenvalue weighted by Crippen LogP contribution is -2.21. The van der Waals surface area contributed by atoms with Crippen molar-refractivity contribution in [1.29, 1.82) is 0 Å². The van der Waals surface area contributed by atoms with Crippen molar-refractivity contribution < 1.29 is 14.7 Å². The number of hydrogen-bond acceptors (Lipinski definition) is 3. The average Bonchev–Trinajstić information content (AvgIpc) is 3.40. The molecule has 2 N–H and O–H groups in total. The molecule has 27 heavy (non-hydrogen) atoms. The molecule has 0 aromatic heterocycles. The second kappa shape index (κ2) is 7.06. The molecule has 2 aliphatic rings. The fraction of sp³-hybridized carbons (Fsp3) is 0.364. The summed E-state index contributed by atoms with van der Waals surface area (Å²) in [5.74, 6) is -0.600. The number of rotatable bonds is 5. The van der Waals surface area contributed by atoms with Crippen LogP contribution in [0.3, 0.4) is 0 Å². The third-order valence-electron chi connectivity index (χ3n) is 5.62. The Hall–Kier alpha value is -2.82. The Morgan fingerprint density at radius 1 is 1.11 bits per heavy atom. The van der Waals surface area contributed by atoms with E-state index >= 15 is 0 Å². The normalized spacial score (nSPS) is 19.1. The first kappa shape index (κ1) is 17.6. The van der Waals surface area contributed by atoms with Crippen LogP contribution in [0.4, 0.5) is 11.4 Å². The maximum absolute atomic E-state index is 12.0. The van der Waals surface area contributed by atoms with E-state index in [1.807, 2.05) is 6.07 Å². The Balaban J connectivity index is 1.53. The van der Waals surface area contributed by atoms with Gasteiger partial charge in [-0.3, -0.25) is 4.79 Å². The highest BCUT2D eigenvalue weighted by Gasteiger charge is 2.31. The van der Waals surface area contributed by atoms with Crippen molar-refractivity contribution in [3.8, 4) is 0 Å². The van der Waals surface area contributed by atoms with E-state index in [2.05, 4.69) is 41.4 Å². The number of anilines is 2. The number of carbonyl (C=O) groups excluding carboxylic acids is 1. The summed E-state index contributed by atoms with van der Waals surface area (Å²) in [6.07, 6.45) is 2.83. The molecule has 1 unspecified atom stereocenters. The molecular weight excluding hydrogens is 340 g/mol. The lowest BCUT2D eigenvalue weighted by Gasteiger charge is -2.21. The van der Waals surface area contributed by atoms with Crippen molar-refractivity contribution in [2.45, 2.75) is 32.1 Å². The molecule has 1 saturated heterocycles. The summed E-state index contributed by atoms with van der Waals surface area (Å²) < 4.78 is 0. The first-order chi connectivity index (χ1) is 13.0. The maximum atomic E-state index is 12.0. The van der Waals surface area contributed by atoms with Crippen molar-refractivity contribution in [3.05, 3.63) is 59.2 Å². The van der Waals surface area contributed by atoms with Gasteiger partial charge >= 0.3 is 5.97 Å². The molecule has 2 aromatic carbocycles. The number of carboxylic acid groups (broad SMARTS) is 1. The standard InChI is InChI=1S/C22H24N2O3/c1-14-4-2-3-5-18(14)16-10-11-24(13-16)17-8-9-20(19(12-17)22(26)27)23-21(25)15-6-7-15/h2-5,8-9,12,15-16H,6-7,10-11,13H2,1H3,(H,23,25)(H,26,27). The summed E-state index contributed by atoms with van der Waals surface area (Å²) in [6, 6.07) is 13.8. The van der Waals surface area contributed by atoms with E-state index in [0.717, 1.165) is 38.0 Å². The van der Waals surface area contributed by atoms with E-state index in [1.165, 1.54) is 11.1 Å². The van der Waals surface area contributed by atoms with Gasteiger partial charge in [0.2, 0.25) is 5.91 Å². The number of nitrogens with one attached hydrogen (secondary N) is 1. The third-order valence-corrected chi connectivity index (χ3v) is 5.62. The minimum atomic E-state index is -1.02. The van der Waals surface area contributed by atoms with Crippen LogP contribution < -0.4 is 10.2 Å². The average molecular weight is 364 g/mol. The summed E-state index contributed by atoms with van der Waals surface area (Å²) in [6.45, 7) is 3.90. The summed E-state index contributed by atoms with van der Waals surface area (Å²) in [5, 5.41) is 12.4. The number of aryl methyl sites for hydroxylation is 1. The van der Waals surface area contributed by atoms with E-state index in [0.29, 0.717) is 11.6 Å². The Morgan fingerprint density at radius 3 is 2.59 bits per heavy atom. The number of nitrogens with zero attached hydrogens (tertiary/aromatic N) is 1. The number of carbonyl (C=O) groups is 2. The van der Waals surface area contributed by atoms with E-state index < -0.39 is 5.97 Å². The molecule has 1 heterocycles. The highest BCUT2D eigenvalue weighted by atomic mass is 16.4. The van der Waals surface area contributed by atoms with Crippen LogP contribution in [0.5, 0.6) is 0 Å². The minimum Gasteiger partial charge on any atom is -0.478 e. The quantitative estimate of drug-likeness (QED) is 0.840. The smallest absolute Gasteiger partial charge is 0.337 e. The third kappa shape index (κ3) is 3.68. The number of carboxylic acids is 1. The molecule has 1 aliphatic heterocycles. The predicted octanol–water partition coefficient (Wildman–Crippen LogP) is 4.04. The molecule has 0 spiro atoms. The van der Waals surface area contributed by atoms with Crippen molar-refractivity contribution in [1.82, 2.24) is 0 Å². The van der Waals surface area contributed by atoms with Crippen molar-refractivity contribution in [2.75, 3.05) is 23.3 Å². The zero-order valence-corrected chi connectivity index (χ0v) is 15.4. The Morgan fingerprint density at radius 2 is 1.89 bits per heavy atom. The fourth-order valence-electron chi connectivity index (χ4n) is 3.89. The van der Waals surface area contributed by atoms with Crippen molar-refractivity contribution in [3.63, 3.8) is 0 Å². The molecule has 5 heteroatoms. The lowest BCUT2D eigenvalue weighted by atomic mass is 9.94. The summed E-state index contributed by atoms with van der Waals surface area (Å²) in [5.41, 5.74) is 4.10. The van der Waals surface area contributed by atoms with Crippen molar-refractivity contribution in [2.24, 2.45) is 5.92 Å². The monoisotopic (exact) mass is 364 g/mol. The van der Waals surface area contributed by atoms with Crippen LogP contribution >= 0.6 is 0 Å². The Labute approximate surface area is 159 Å². The van der Waals surface area contributed by atoms with Crippen LogP contribution in [-0.2, 0) is 4.79 Å². The van der Waals surface area contributed by atoms with Gasteiger partial charge in [0.1, 0.15) is 0 Å². The first-order valence-corrected chi connectivity index (χ1v) is 9.51. The topological polar surface area (TPSA) is 69.6 Å². The minimum absolute atomic E-state index is 0.0415. The largest absolute Gasteiger partial charge is 0.478 e. The molecule has 5 nitrogen and oxygen atoms in total. The highest BCUT2D eigenvalue weighted by Crippen LogP contribution is 2.35. The predicted molar refractivity (Wildman–Crippen MR) is 106 cm³/mol. The Kier molecular flexibility index (Phi) is 4.60. The molecule has 4 rings (SSSR count). The molecule has 0 bridgehead atoms. The van der Waals surface area contributed by atoms with Gasteiger partial charge in [0.05, 0.1) is 11.3 Å². The molecule has 1 atom stereocenters. The van der Waals surface area contributed by atoms with Gasteiger partial charge in [-0.1, -0.05) is 24.3 Å². The first-order valence-electron chi connectivity index (χ1n) is 9.51. The van der Waals surface area contributed by atoms with E-state index in [9.17, 15) is 14.7 Å². The summed E-state index contributed by atoms with van der Waals surface area (Å²) in [7, 11) is 0. The fourth-order valence-corrected chi connectivity index (χ4v) is 3.89. The lowest BCUT2D eigenvalue weighted by molar-refractivity contribution is -0.117. The Bertz CT molecular complexity index is 889. The van der Waals surface area contributed by atoms with Crippen LogP contribution in [0.1, 0.15) is 46.7 Å². The molecule has 140 valence electrons. The summed E-state index contributed by atoms with van der Waals surface area (Å²) >= 11 is 0. The van der Waals surface area contributed by atoms with Crippen molar-refractivity contribution >= 4 is 23.3 Å². The zero-order valence-electron chi connectivity index (χ0n) is 15.4. The van der Waals surface area contributed by atoms with Gasteiger partial charge in [-0.2, -0.15) is 0 Å². The second-order valence-corrected chi connectivity index (χ2v) is 7.59. The molecule has 1 saturated carbocycles. The number of amides is 1. The van der Waals surface area contributed by atoms with E-state index in [-0.39, 0.29) is 17.4 Å². The molecule has 2 fully saturated rings. The number of aromatic carboxylic acids is 1.